The van der Waals surface area contributed by atoms with Gasteiger partial charge in [-0.1, -0.05) is 38.9 Å². The Balaban J connectivity index is 3.33. The van der Waals surface area contributed by atoms with E-state index in [4.69, 9.17) is 9.47 Å². The van der Waals surface area contributed by atoms with Gasteiger partial charge in [-0.25, -0.2) is 0 Å². The monoisotopic (exact) mass is 252 g/mol. The molecule has 1 rings (SSSR count). The standard InChI is InChI=1S/C14H24O2Si/c1-6-17(7-2,8-3)14-11-12(15-4)9-10-13(14)16-5/h9-11H,6-8H2,1-5H3. The highest BCUT2D eigenvalue weighted by Gasteiger charge is 2.32. The second-order valence-electron chi connectivity index (χ2n) is 4.41. The van der Waals surface area contributed by atoms with Crippen LogP contribution in [-0.2, 0) is 0 Å². The summed E-state index contributed by atoms with van der Waals surface area (Å²) >= 11 is 0. The van der Waals surface area contributed by atoms with E-state index < -0.39 is 8.07 Å². The lowest BCUT2D eigenvalue weighted by Crippen LogP contribution is -2.46. The predicted octanol–water partition coefficient (Wildman–Crippen LogP) is 3.42. The van der Waals surface area contributed by atoms with Crippen molar-refractivity contribution in [3.8, 4) is 11.5 Å². The van der Waals surface area contributed by atoms with Crippen molar-refractivity contribution in [3.05, 3.63) is 18.2 Å². The first-order valence-corrected chi connectivity index (χ1v) is 9.02. The molecule has 1 aromatic rings. The van der Waals surface area contributed by atoms with Gasteiger partial charge in [0, 0.05) is 0 Å². The molecule has 96 valence electrons. The molecule has 0 spiro atoms. The van der Waals surface area contributed by atoms with Crippen LogP contribution in [0.3, 0.4) is 0 Å². The number of benzene rings is 1. The molecule has 0 saturated carbocycles. The maximum absolute atomic E-state index is 5.54. The summed E-state index contributed by atoms with van der Waals surface area (Å²) in [7, 11) is 2.06. The second-order valence-corrected chi connectivity index (χ2v) is 9.63. The fraction of sp³-hybridized carbons (Fsp3) is 0.571. The minimum absolute atomic E-state index is 0.938. The molecule has 17 heavy (non-hydrogen) atoms. The summed E-state index contributed by atoms with van der Waals surface area (Å²) in [5.74, 6) is 1.97. The van der Waals surface area contributed by atoms with E-state index in [0.29, 0.717) is 0 Å². The quantitative estimate of drug-likeness (QED) is 0.722. The topological polar surface area (TPSA) is 18.5 Å². The summed E-state index contributed by atoms with van der Waals surface area (Å²) in [4.78, 5) is 0. The van der Waals surface area contributed by atoms with Crippen molar-refractivity contribution in [2.75, 3.05) is 14.2 Å². The molecule has 0 amide bonds. The number of methoxy groups -OCH3 is 2. The number of rotatable bonds is 6. The van der Waals surface area contributed by atoms with Crippen LogP contribution >= 0.6 is 0 Å². The van der Waals surface area contributed by atoms with Gasteiger partial charge in [-0.3, -0.25) is 0 Å². The maximum atomic E-state index is 5.54. The van der Waals surface area contributed by atoms with Crippen LogP contribution in [0.5, 0.6) is 11.5 Å². The number of hydrogen-bond acceptors (Lipinski definition) is 2. The first kappa shape index (κ1) is 14.1. The first-order valence-electron chi connectivity index (χ1n) is 6.39. The summed E-state index contributed by atoms with van der Waals surface area (Å²) in [5, 5.41) is 1.41. The van der Waals surface area contributed by atoms with Gasteiger partial charge in [-0.05, 0) is 23.4 Å². The Bertz CT molecular complexity index is 351. The van der Waals surface area contributed by atoms with Crippen LogP contribution in [-0.4, -0.2) is 22.3 Å². The zero-order valence-corrected chi connectivity index (χ0v) is 12.7. The van der Waals surface area contributed by atoms with Gasteiger partial charge in [-0.15, -0.1) is 0 Å². The predicted molar refractivity (Wildman–Crippen MR) is 76.4 cm³/mol. The summed E-state index contributed by atoms with van der Waals surface area (Å²) in [6.45, 7) is 6.91. The van der Waals surface area contributed by atoms with E-state index in [2.05, 4.69) is 26.8 Å². The van der Waals surface area contributed by atoms with Gasteiger partial charge in [0.15, 0.2) is 0 Å². The highest BCUT2D eigenvalue weighted by atomic mass is 28.3. The van der Waals surface area contributed by atoms with Crippen LogP contribution in [0.2, 0.25) is 18.1 Å². The lowest BCUT2D eigenvalue weighted by atomic mass is 10.3. The zero-order valence-electron chi connectivity index (χ0n) is 11.7. The van der Waals surface area contributed by atoms with Crippen molar-refractivity contribution in [1.82, 2.24) is 0 Å². The Morgan fingerprint density at radius 3 is 1.94 bits per heavy atom. The molecule has 0 N–H and O–H groups in total. The van der Waals surface area contributed by atoms with Crippen LogP contribution in [0.4, 0.5) is 0 Å². The minimum Gasteiger partial charge on any atom is -0.497 e. The highest BCUT2D eigenvalue weighted by molar-refractivity contribution is 6.92. The van der Waals surface area contributed by atoms with E-state index >= 15 is 0 Å². The molecule has 0 saturated heterocycles. The molecule has 3 heteroatoms. The lowest BCUT2D eigenvalue weighted by Gasteiger charge is -2.30. The maximum Gasteiger partial charge on any atom is 0.119 e. The number of ether oxygens (including phenoxy) is 2. The fourth-order valence-corrected chi connectivity index (χ4v) is 6.35. The SMILES string of the molecule is CC[Si](CC)(CC)c1cc(OC)ccc1OC. The lowest BCUT2D eigenvalue weighted by molar-refractivity contribution is 0.405. The molecular weight excluding hydrogens is 228 g/mol. The Morgan fingerprint density at radius 2 is 1.53 bits per heavy atom. The average Bonchev–Trinajstić information content (AvgIpc) is 2.41. The Hall–Kier alpha value is -0.963. The van der Waals surface area contributed by atoms with Crippen LogP contribution < -0.4 is 14.7 Å². The van der Waals surface area contributed by atoms with Crippen molar-refractivity contribution in [3.63, 3.8) is 0 Å². The van der Waals surface area contributed by atoms with E-state index in [1.165, 1.54) is 23.3 Å². The van der Waals surface area contributed by atoms with E-state index in [1.54, 1.807) is 14.2 Å². The van der Waals surface area contributed by atoms with Crippen molar-refractivity contribution < 1.29 is 9.47 Å². The summed E-state index contributed by atoms with van der Waals surface area (Å²) < 4.78 is 10.9. The molecule has 0 unspecified atom stereocenters. The van der Waals surface area contributed by atoms with E-state index in [9.17, 15) is 0 Å². The minimum atomic E-state index is -1.41. The van der Waals surface area contributed by atoms with Gasteiger partial charge in [0.25, 0.3) is 0 Å². The van der Waals surface area contributed by atoms with Gasteiger partial charge in [0.05, 0.1) is 22.3 Å². The third kappa shape index (κ3) is 2.65. The average molecular weight is 252 g/mol. The smallest absolute Gasteiger partial charge is 0.119 e. The van der Waals surface area contributed by atoms with Crippen LogP contribution in [0.25, 0.3) is 0 Å². The molecule has 0 fully saturated rings. The van der Waals surface area contributed by atoms with Gasteiger partial charge >= 0.3 is 0 Å². The molecule has 0 atom stereocenters. The van der Waals surface area contributed by atoms with Crippen molar-refractivity contribution in [2.45, 2.75) is 38.9 Å². The van der Waals surface area contributed by atoms with Gasteiger partial charge in [-0.2, -0.15) is 0 Å². The largest absolute Gasteiger partial charge is 0.497 e. The Labute approximate surface area is 106 Å². The highest BCUT2D eigenvalue weighted by Crippen LogP contribution is 2.27. The van der Waals surface area contributed by atoms with Crippen molar-refractivity contribution in [1.29, 1.82) is 0 Å². The Morgan fingerprint density at radius 1 is 0.941 bits per heavy atom. The van der Waals surface area contributed by atoms with Crippen LogP contribution in [0, 0.1) is 0 Å². The molecule has 0 aromatic heterocycles. The summed E-state index contributed by atoms with van der Waals surface area (Å²) in [6.07, 6.45) is 0. The normalized spacial score (nSPS) is 11.4. The van der Waals surface area contributed by atoms with Gasteiger partial charge in [0.2, 0.25) is 0 Å². The molecule has 0 bridgehead atoms. The van der Waals surface area contributed by atoms with Gasteiger partial charge < -0.3 is 9.47 Å². The Kier molecular flexibility index (Phi) is 5.06. The third-order valence-corrected chi connectivity index (χ3v) is 9.60. The molecule has 0 heterocycles. The molecule has 2 nitrogen and oxygen atoms in total. The molecule has 0 aliphatic rings. The molecule has 1 aromatic carbocycles. The van der Waals surface area contributed by atoms with Crippen molar-refractivity contribution in [2.24, 2.45) is 0 Å². The van der Waals surface area contributed by atoms with E-state index in [1.807, 2.05) is 12.1 Å². The second kappa shape index (κ2) is 6.10. The van der Waals surface area contributed by atoms with E-state index in [0.717, 1.165) is 11.5 Å². The zero-order chi connectivity index (χ0) is 12.9. The fourth-order valence-electron chi connectivity index (χ4n) is 2.55. The van der Waals surface area contributed by atoms with Crippen LogP contribution in [0.1, 0.15) is 20.8 Å². The third-order valence-electron chi connectivity index (χ3n) is 4.01. The summed E-state index contributed by atoms with van der Waals surface area (Å²) in [6, 6.07) is 9.96. The number of hydrogen-bond donors (Lipinski definition) is 0. The van der Waals surface area contributed by atoms with Gasteiger partial charge in [0.1, 0.15) is 11.5 Å². The van der Waals surface area contributed by atoms with Crippen LogP contribution in [0.15, 0.2) is 18.2 Å². The molecule has 0 aliphatic carbocycles. The molecule has 0 aliphatic heterocycles. The summed E-state index contributed by atoms with van der Waals surface area (Å²) in [5.41, 5.74) is 0. The first-order chi connectivity index (χ1) is 8.17. The molecule has 0 radical (unpaired) electrons. The molecular formula is C14H24O2Si. The van der Waals surface area contributed by atoms with E-state index in [-0.39, 0.29) is 0 Å². The van der Waals surface area contributed by atoms with Crippen molar-refractivity contribution >= 4 is 13.3 Å².